The Morgan fingerprint density at radius 1 is 1.50 bits per heavy atom. The Labute approximate surface area is 60.9 Å². The van der Waals surface area contributed by atoms with Gasteiger partial charge in [0.1, 0.15) is 0 Å². The van der Waals surface area contributed by atoms with Crippen LogP contribution in [0.1, 0.15) is 0 Å². The molecule has 0 fully saturated rings. The normalized spacial score (nSPS) is 11.8. The van der Waals surface area contributed by atoms with E-state index in [0.29, 0.717) is 0 Å². The van der Waals surface area contributed by atoms with Crippen molar-refractivity contribution >= 4 is 22.4 Å². The van der Waals surface area contributed by atoms with E-state index in [9.17, 15) is 8.42 Å². The molecular weight excluding hydrogens is 188 g/mol. The third-order valence-corrected chi connectivity index (χ3v) is 1.20. The van der Waals surface area contributed by atoms with Gasteiger partial charge >= 0.3 is 0 Å². The molecule has 0 rings (SSSR count). The van der Waals surface area contributed by atoms with Gasteiger partial charge < -0.3 is 0 Å². The largest absolute Gasteiger partial charge is 0.290 e. The smallest absolute Gasteiger partial charge is 0.284 e. The van der Waals surface area contributed by atoms with Crippen molar-refractivity contribution in [1.29, 1.82) is 0 Å². The van der Waals surface area contributed by atoms with Gasteiger partial charge in [-0.15, -0.1) is 4.33 Å². The van der Waals surface area contributed by atoms with Gasteiger partial charge in [-0.3, -0.25) is 8.74 Å². The molecule has 0 heterocycles. The van der Waals surface area contributed by atoms with Crippen molar-refractivity contribution in [2.24, 2.45) is 0 Å². The summed E-state index contributed by atoms with van der Waals surface area (Å²) in [5.41, 5.74) is 0. The van der Waals surface area contributed by atoms with Crippen molar-refractivity contribution in [3.05, 3.63) is 0 Å². The molecule has 0 bridgehead atoms. The fraction of sp³-hybridized carbons (Fsp3) is 1.00. The fourth-order valence-corrected chi connectivity index (χ4v) is 0.820. The van der Waals surface area contributed by atoms with Gasteiger partial charge in [-0.05, 0) is 0 Å². The quantitative estimate of drug-likeness (QED) is 0.203. The summed E-state index contributed by atoms with van der Waals surface area (Å²) in [5, 5.41) is 10.5. The van der Waals surface area contributed by atoms with E-state index < -0.39 is 16.1 Å². The Balaban J connectivity index is 3.21. The average Bonchev–Trinajstić information content (AvgIpc) is 1.78. The van der Waals surface area contributed by atoms with Crippen LogP contribution in [0.3, 0.4) is 0 Å². The highest BCUT2D eigenvalue weighted by Gasteiger charge is 2.04. The lowest BCUT2D eigenvalue weighted by atomic mass is 11.7. The Hall–Kier alpha value is 0.1000. The first-order valence-corrected chi connectivity index (χ1v) is 4.05. The second-order valence-corrected chi connectivity index (χ2v) is 2.94. The summed E-state index contributed by atoms with van der Waals surface area (Å²) < 4.78 is 35.3. The Bertz CT molecular complexity index is 158. The van der Waals surface area contributed by atoms with Crippen molar-refractivity contribution in [3.63, 3.8) is 0 Å². The molecule has 0 aromatic heterocycles. The lowest BCUT2D eigenvalue weighted by molar-refractivity contribution is -0.434. The summed E-state index contributed by atoms with van der Waals surface area (Å²) in [6.07, 6.45) is 0. The molecule has 0 radical (unpaired) electrons. The topological polar surface area (TPSA) is 102 Å². The highest BCUT2D eigenvalue weighted by Crippen LogP contribution is 2.04. The molecule has 0 atom stereocenters. The molecule has 10 heavy (non-hydrogen) atoms. The first kappa shape index (κ1) is 10.1. The number of hydrogen-bond donors (Lipinski definition) is 2. The predicted molar refractivity (Wildman–Crippen MR) is 29.9 cm³/mol. The molecule has 0 unspecified atom stereocenters. The summed E-state index contributed by atoms with van der Waals surface area (Å²) in [7, 11) is -4.16. The summed E-state index contributed by atoms with van der Waals surface area (Å²) >= 11 is 0.0687. The molecule has 0 aliphatic rings. The van der Waals surface area contributed by atoms with E-state index in [1.165, 1.54) is 0 Å². The van der Waals surface area contributed by atoms with Gasteiger partial charge in [0.2, 0.25) is 0 Å². The molecule has 0 aliphatic carbocycles. The van der Waals surface area contributed by atoms with E-state index >= 15 is 0 Å². The third kappa shape index (κ3) is 8.10. The highest BCUT2D eigenvalue weighted by molar-refractivity contribution is 7.91. The highest BCUT2D eigenvalue weighted by atomic mass is 32.2. The van der Waals surface area contributed by atoms with Gasteiger partial charge in [0.15, 0.2) is 18.3 Å². The maximum Gasteiger partial charge on any atom is 0.290 e. The van der Waals surface area contributed by atoms with Gasteiger partial charge in [-0.25, -0.2) is 5.26 Å². The van der Waals surface area contributed by atoms with Gasteiger partial charge in [0.25, 0.3) is 10.1 Å². The monoisotopic (exact) mass is 192 g/mol. The summed E-state index contributed by atoms with van der Waals surface area (Å²) in [6, 6.07) is 0. The minimum Gasteiger partial charge on any atom is -0.284 e. The third-order valence-electron chi connectivity index (χ3n) is 0.303. The number of rotatable bonds is 5. The zero-order valence-corrected chi connectivity index (χ0v) is 6.09. The van der Waals surface area contributed by atoms with E-state index in [4.69, 9.17) is 9.81 Å². The molecule has 0 saturated heterocycles. The van der Waals surface area contributed by atoms with Crippen molar-refractivity contribution in [1.82, 2.24) is 0 Å². The SMILES string of the molecule is O=S(=O)(O)COSOOO. The minimum atomic E-state index is -4.16. The fourth-order valence-electron chi connectivity index (χ4n) is 0.113. The molecule has 0 aliphatic heterocycles. The molecule has 0 spiro atoms. The van der Waals surface area contributed by atoms with Crippen molar-refractivity contribution in [3.8, 4) is 0 Å². The van der Waals surface area contributed by atoms with E-state index in [1.807, 2.05) is 0 Å². The van der Waals surface area contributed by atoms with Gasteiger partial charge in [-0.2, -0.15) is 8.42 Å². The molecule has 0 aromatic rings. The van der Waals surface area contributed by atoms with Gasteiger partial charge in [0.05, 0.1) is 0 Å². The zero-order valence-electron chi connectivity index (χ0n) is 4.46. The Morgan fingerprint density at radius 3 is 2.50 bits per heavy atom. The maximum atomic E-state index is 9.85. The molecule has 0 aromatic carbocycles. The zero-order chi connectivity index (χ0) is 8.04. The van der Waals surface area contributed by atoms with Crippen molar-refractivity contribution < 1.29 is 31.8 Å². The van der Waals surface area contributed by atoms with Crippen LogP contribution in [0.5, 0.6) is 0 Å². The van der Waals surface area contributed by atoms with Gasteiger partial charge in [-0.1, -0.05) is 5.04 Å². The van der Waals surface area contributed by atoms with Crippen molar-refractivity contribution in [2.75, 3.05) is 5.94 Å². The summed E-state index contributed by atoms with van der Waals surface area (Å²) in [6.45, 7) is 0. The lowest BCUT2D eigenvalue weighted by Gasteiger charge is -1.94. The van der Waals surface area contributed by atoms with E-state index in [-0.39, 0.29) is 12.3 Å². The van der Waals surface area contributed by atoms with Crippen LogP contribution >= 0.6 is 12.3 Å². The van der Waals surface area contributed by atoms with E-state index in [2.05, 4.69) is 13.6 Å². The number of hydrogen-bond acceptors (Lipinski definition) is 7. The standard InChI is InChI=1S/CH4O7S2/c2-7-8-9-6-1-10(3,4)5/h2H,1H2,(H,3,4,5). The second-order valence-electron chi connectivity index (χ2n) is 1.03. The van der Waals surface area contributed by atoms with Crippen LogP contribution in [-0.4, -0.2) is 24.2 Å². The minimum absolute atomic E-state index is 0.0687. The van der Waals surface area contributed by atoms with Crippen LogP contribution < -0.4 is 0 Å². The predicted octanol–water partition coefficient (Wildman–Crippen LogP) is -0.167. The van der Waals surface area contributed by atoms with Crippen LogP contribution in [0.15, 0.2) is 0 Å². The summed E-state index contributed by atoms with van der Waals surface area (Å²) in [4.78, 5) is 0. The van der Waals surface area contributed by atoms with Crippen LogP contribution in [-0.2, 0) is 23.7 Å². The van der Waals surface area contributed by atoms with E-state index in [0.717, 1.165) is 0 Å². The van der Waals surface area contributed by atoms with Crippen LogP contribution in [0.25, 0.3) is 0 Å². The molecule has 7 nitrogen and oxygen atoms in total. The molecular formula is CH4O7S2. The Kier molecular flexibility index (Phi) is 4.89. The maximum absolute atomic E-state index is 9.85. The molecule has 62 valence electrons. The van der Waals surface area contributed by atoms with Crippen LogP contribution in [0.4, 0.5) is 0 Å². The lowest BCUT2D eigenvalue weighted by Crippen LogP contribution is -2.04. The van der Waals surface area contributed by atoms with Gasteiger partial charge in [0, 0.05) is 0 Å². The van der Waals surface area contributed by atoms with Crippen LogP contribution in [0, 0.1) is 0 Å². The molecule has 2 N–H and O–H groups in total. The first-order chi connectivity index (χ1) is 4.56. The second kappa shape index (κ2) is 4.85. The van der Waals surface area contributed by atoms with E-state index in [1.54, 1.807) is 0 Å². The average molecular weight is 192 g/mol. The first-order valence-electron chi connectivity index (χ1n) is 1.78. The van der Waals surface area contributed by atoms with Crippen molar-refractivity contribution in [2.45, 2.75) is 0 Å². The molecule has 0 amide bonds. The molecule has 0 saturated carbocycles. The Morgan fingerprint density at radius 2 is 2.10 bits per heavy atom. The van der Waals surface area contributed by atoms with Crippen LogP contribution in [0.2, 0.25) is 0 Å². The molecule has 9 heteroatoms. The summed E-state index contributed by atoms with van der Waals surface area (Å²) in [5.74, 6) is -0.943.